The first-order chi connectivity index (χ1) is 16.0. The van der Waals surface area contributed by atoms with Crippen molar-refractivity contribution in [3.63, 3.8) is 0 Å². The molecule has 2 N–H and O–H groups in total. The Hall–Kier alpha value is -4.19. The van der Waals surface area contributed by atoms with E-state index in [9.17, 15) is 10.1 Å². The molecule has 170 valence electrons. The number of nitriles is 1. The van der Waals surface area contributed by atoms with Crippen LogP contribution in [0.5, 0.6) is 17.2 Å². The average molecular weight is 447 g/mol. The van der Waals surface area contributed by atoms with E-state index in [0.717, 1.165) is 18.7 Å². The quantitative estimate of drug-likeness (QED) is 0.592. The van der Waals surface area contributed by atoms with E-state index >= 15 is 0 Å². The van der Waals surface area contributed by atoms with E-state index in [1.807, 2.05) is 17.7 Å². The zero-order valence-electron chi connectivity index (χ0n) is 18.7. The van der Waals surface area contributed by atoms with Crippen molar-refractivity contribution < 1.29 is 14.2 Å². The van der Waals surface area contributed by atoms with Gasteiger partial charge in [-0.1, -0.05) is 0 Å². The van der Waals surface area contributed by atoms with Crippen LogP contribution in [0.25, 0.3) is 0 Å². The first-order valence-electron chi connectivity index (χ1n) is 10.5. The van der Waals surface area contributed by atoms with Gasteiger partial charge in [0.05, 0.1) is 32.0 Å². The van der Waals surface area contributed by atoms with Crippen LogP contribution in [0.4, 0.5) is 0 Å². The SMILES string of the molecule is COc1ccc(OC)c([C@H]2C(C#N)=C(N)Oc3cc(C)n(CCCn4ccnc4)c(=O)c32)c1. The van der Waals surface area contributed by atoms with E-state index in [4.69, 9.17) is 19.9 Å². The summed E-state index contributed by atoms with van der Waals surface area (Å²) in [6, 6.07) is 9.17. The van der Waals surface area contributed by atoms with Crippen LogP contribution in [0, 0.1) is 18.3 Å². The maximum atomic E-state index is 13.8. The molecule has 1 aliphatic heterocycles. The van der Waals surface area contributed by atoms with Gasteiger partial charge in [0, 0.05) is 42.8 Å². The predicted octanol–water partition coefficient (Wildman–Crippen LogP) is 2.68. The number of nitrogens with zero attached hydrogens (tertiary/aromatic N) is 4. The number of nitrogens with two attached hydrogens (primary N) is 1. The van der Waals surface area contributed by atoms with E-state index in [1.165, 1.54) is 7.11 Å². The highest BCUT2D eigenvalue weighted by molar-refractivity contribution is 5.59. The molecule has 3 heterocycles. The lowest BCUT2D eigenvalue weighted by Gasteiger charge is -2.28. The standard InChI is InChI=1S/C24H25N5O4/c1-15-11-20-22(24(30)29(15)9-4-8-28-10-7-27-14-28)21(18(13-25)23(26)33-20)17-12-16(31-2)5-6-19(17)32-3/h5-7,10-12,14,21H,4,8-9,26H2,1-3H3/t21-/m0/s1. The second-order valence-corrected chi connectivity index (χ2v) is 7.71. The Bertz CT molecular complexity index is 1300. The molecule has 0 radical (unpaired) electrons. The molecule has 2 aromatic heterocycles. The molecule has 1 aromatic carbocycles. The molecule has 0 saturated heterocycles. The Morgan fingerprint density at radius 3 is 2.73 bits per heavy atom. The molecule has 9 nitrogen and oxygen atoms in total. The fourth-order valence-corrected chi connectivity index (χ4v) is 4.17. The highest BCUT2D eigenvalue weighted by Gasteiger charge is 2.36. The van der Waals surface area contributed by atoms with Crippen LogP contribution in [-0.4, -0.2) is 28.3 Å². The first-order valence-corrected chi connectivity index (χ1v) is 10.5. The number of aryl methyl sites for hydroxylation is 2. The maximum Gasteiger partial charge on any atom is 0.258 e. The number of rotatable bonds is 7. The van der Waals surface area contributed by atoms with Crippen molar-refractivity contribution in [1.29, 1.82) is 5.26 Å². The zero-order chi connectivity index (χ0) is 23.5. The summed E-state index contributed by atoms with van der Waals surface area (Å²) in [4.78, 5) is 17.8. The lowest BCUT2D eigenvalue weighted by Crippen LogP contribution is -2.33. The number of hydrogen-bond donors (Lipinski definition) is 1. The van der Waals surface area contributed by atoms with Crippen molar-refractivity contribution >= 4 is 0 Å². The third-order valence-corrected chi connectivity index (χ3v) is 5.80. The Morgan fingerprint density at radius 2 is 2.06 bits per heavy atom. The van der Waals surface area contributed by atoms with Gasteiger partial charge < -0.3 is 29.1 Å². The third-order valence-electron chi connectivity index (χ3n) is 5.80. The number of hydrogen-bond acceptors (Lipinski definition) is 7. The second-order valence-electron chi connectivity index (χ2n) is 7.71. The summed E-state index contributed by atoms with van der Waals surface area (Å²) in [5.74, 6) is 0.645. The van der Waals surface area contributed by atoms with Crippen LogP contribution >= 0.6 is 0 Å². The molecule has 3 aromatic rings. The molecule has 0 saturated carbocycles. The largest absolute Gasteiger partial charge is 0.497 e. The number of pyridine rings is 1. The van der Waals surface area contributed by atoms with Crippen molar-refractivity contribution in [2.75, 3.05) is 14.2 Å². The minimum absolute atomic E-state index is 0.0310. The Morgan fingerprint density at radius 1 is 1.24 bits per heavy atom. The fraction of sp³-hybridized carbons (Fsp3) is 0.292. The van der Waals surface area contributed by atoms with Gasteiger partial charge in [-0.2, -0.15) is 5.26 Å². The maximum absolute atomic E-state index is 13.8. The van der Waals surface area contributed by atoms with Crippen molar-refractivity contribution in [2.45, 2.75) is 32.4 Å². The van der Waals surface area contributed by atoms with E-state index in [-0.39, 0.29) is 17.0 Å². The third kappa shape index (κ3) is 4.03. The van der Waals surface area contributed by atoms with Crippen molar-refractivity contribution in [3.8, 4) is 23.3 Å². The van der Waals surface area contributed by atoms with E-state index in [1.54, 1.807) is 48.5 Å². The lowest BCUT2D eigenvalue weighted by molar-refractivity contribution is 0.379. The highest BCUT2D eigenvalue weighted by Crippen LogP contribution is 2.44. The van der Waals surface area contributed by atoms with Gasteiger partial charge in [-0.3, -0.25) is 4.79 Å². The molecular formula is C24H25N5O4. The van der Waals surface area contributed by atoms with Gasteiger partial charge in [0.1, 0.15) is 28.9 Å². The van der Waals surface area contributed by atoms with Crippen LogP contribution in [0.3, 0.4) is 0 Å². The van der Waals surface area contributed by atoms with E-state index in [0.29, 0.717) is 34.9 Å². The average Bonchev–Trinajstić information content (AvgIpc) is 3.33. The zero-order valence-corrected chi connectivity index (χ0v) is 18.7. The highest BCUT2D eigenvalue weighted by atomic mass is 16.5. The number of benzene rings is 1. The summed E-state index contributed by atoms with van der Waals surface area (Å²) in [6.45, 7) is 3.07. The molecule has 0 fully saturated rings. The van der Waals surface area contributed by atoms with Crippen LogP contribution < -0.4 is 25.5 Å². The second kappa shape index (κ2) is 9.12. The molecule has 0 unspecified atom stereocenters. The number of fused-ring (bicyclic) bond motifs is 1. The Labute approximate surface area is 191 Å². The van der Waals surface area contributed by atoms with E-state index < -0.39 is 5.92 Å². The van der Waals surface area contributed by atoms with Gasteiger partial charge in [0.25, 0.3) is 5.56 Å². The van der Waals surface area contributed by atoms with Gasteiger partial charge in [-0.05, 0) is 31.5 Å². The summed E-state index contributed by atoms with van der Waals surface area (Å²) >= 11 is 0. The minimum Gasteiger partial charge on any atom is -0.497 e. The smallest absolute Gasteiger partial charge is 0.258 e. The molecule has 0 aliphatic carbocycles. The molecule has 0 bridgehead atoms. The van der Waals surface area contributed by atoms with Gasteiger partial charge >= 0.3 is 0 Å². The fourth-order valence-electron chi connectivity index (χ4n) is 4.17. The molecule has 1 atom stereocenters. The molecule has 1 aliphatic rings. The summed E-state index contributed by atoms with van der Waals surface area (Å²) in [6.07, 6.45) is 6.08. The minimum atomic E-state index is -0.753. The molecule has 4 rings (SSSR count). The van der Waals surface area contributed by atoms with E-state index in [2.05, 4.69) is 11.1 Å². The van der Waals surface area contributed by atoms with Crippen LogP contribution in [0.2, 0.25) is 0 Å². The molecule has 0 spiro atoms. The Balaban J connectivity index is 1.84. The number of imidazole rings is 1. The van der Waals surface area contributed by atoms with Crippen molar-refractivity contribution in [1.82, 2.24) is 14.1 Å². The summed E-state index contributed by atoms with van der Waals surface area (Å²) in [5, 5.41) is 9.91. The number of ether oxygens (including phenoxy) is 3. The lowest BCUT2D eigenvalue weighted by atomic mass is 9.83. The topological polar surface area (TPSA) is 117 Å². The predicted molar refractivity (Wildman–Crippen MR) is 121 cm³/mol. The Kier molecular flexibility index (Phi) is 6.09. The van der Waals surface area contributed by atoms with Gasteiger partial charge in [0.2, 0.25) is 5.88 Å². The molecule has 9 heteroatoms. The van der Waals surface area contributed by atoms with Crippen molar-refractivity contribution in [3.05, 3.63) is 81.6 Å². The summed E-state index contributed by atoms with van der Waals surface area (Å²) in [7, 11) is 3.09. The van der Waals surface area contributed by atoms with Crippen LogP contribution in [0.15, 0.2) is 59.2 Å². The number of aromatic nitrogens is 3. The summed E-state index contributed by atoms with van der Waals surface area (Å²) in [5.41, 5.74) is 7.73. The van der Waals surface area contributed by atoms with Crippen molar-refractivity contribution in [2.24, 2.45) is 5.73 Å². The molecule has 33 heavy (non-hydrogen) atoms. The number of allylic oxidation sites excluding steroid dienone is 1. The summed E-state index contributed by atoms with van der Waals surface area (Å²) < 4.78 is 20.3. The van der Waals surface area contributed by atoms with Gasteiger partial charge in [0.15, 0.2) is 0 Å². The normalized spacial score (nSPS) is 14.9. The number of methoxy groups -OCH3 is 2. The molecular weight excluding hydrogens is 422 g/mol. The van der Waals surface area contributed by atoms with Gasteiger partial charge in [-0.25, -0.2) is 4.98 Å². The monoisotopic (exact) mass is 447 g/mol. The van der Waals surface area contributed by atoms with Crippen LogP contribution in [0.1, 0.15) is 29.2 Å². The van der Waals surface area contributed by atoms with Gasteiger partial charge in [-0.15, -0.1) is 0 Å². The molecule has 0 amide bonds. The first kappa shape index (κ1) is 22.0. The van der Waals surface area contributed by atoms with Crippen LogP contribution in [-0.2, 0) is 13.1 Å².